The van der Waals surface area contributed by atoms with Crippen LogP contribution in [-0.4, -0.2) is 47.4 Å². The van der Waals surface area contributed by atoms with Crippen molar-refractivity contribution in [3.63, 3.8) is 0 Å². The van der Waals surface area contributed by atoms with Gasteiger partial charge in [0, 0.05) is 17.4 Å². The molecule has 2 aromatic carbocycles. The molecule has 0 fully saturated rings. The maximum atomic E-state index is 11.9. The fourth-order valence-corrected chi connectivity index (χ4v) is 3.18. The Morgan fingerprint density at radius 1 is 1.18 bits per heavy atom. The lowest BCUT2D eigenvalue weighted by atomic mass is 10.1. The molecule has 2 N–H and O–H groups in total. The van der Waals surface area contributed by atoms with Gasteiger partial charge in [-0.1, -0.05) is 18.2 Å². The molecule has 3 aromatic rings. The zero-order chi connectivity index (χ0) is 20.3. The molecule has 28 heavy (non-hydrogen) atoms. The summed E-state index contributed by atoms with van der Waals surface area (Å²) in [5, 5.41) is 11.2. The molecule has 0 aliphatic heterocycles. The van der Waals surface area contributed by atoms with Gasteiger partial charge in [0.1, 0.15) is 0 Å². The van der Waals surface area contributed by atoms with Crippen LogP contribution in [0.2, 0.25) is 0 Å². The van der Waals surface area contributed by atoms with Gasteiger partial charge < -0.3 is 19.7 Å². The summed E-state index contributed by atoms with van der Waals surface area (Å²) in [6, 6.07) is 13.2. The van der Waals surface area contributed by atoms with Crippen molar-refractivity contribution in [2.75, 3.05) is 20.7 Å². The van der Waals surface area contributed by atoms with Gasteiger partial charge in [0.2, 0.25) is 0 Å². The van der Waals surface area contributed by atoms with Gasteiger partial charge in [-0.2, -0.15) is 0 Å². The summed E-state index contributed by atoms with van der Waals surface area (Å²) < 4.78 is 5.03. The third kappa shape index (κ3) is 4.23. The topological polar surface area (TPSA) is 77.9 Å². The summed E-state index contributed by atoms with van der Waals surface area (Å²) in [4.78, 5) is 21.6. The third-order valence-electron chi connectivity index (χ3n) is 4.38. The molecule has 0 saturated heterocycles. The van der Waals surface area contributed by atoms with Crippen molar-refractivity contribution in [2.24, 2.45) is 4.99 Å². The standard InChI is InChI=1S/C22H25N3O3/c1-5-28-22(27)16-8-11-18-19(12-16)24-21(26)20(18)14(2)23-17-9-6-15(7-10-17)13-25(3)4/h6-12,24,26H,5,13H2,1-4H3. The van der Waals surface area contributed by atoms with E-state index in [9.17, 15) is 9.90 Å². The molecule has 6 nitrogen and oxygen atoms in total. The number of aromatic nitrogens is 1. The van der Waals surface area contributed by atoms with E-state index in [1.807, 2.05) is 45.3 Å². The maximum absolute atomic E-state index is 11.9. The van der Waals surface area contributed by atoms with Crippen LogP contribution in [0, 0.1) is 0 Å². The molecule has 0 atom stereocenters. The maximum Gasteiger partial charge on any atom is 0.338 e. The van der Waals surface area contributed by atoms with Crippen molar-refractivity contribution in [3.8, 4) is 5.88 Å². The lowest BCUT2D eigenvalue weighted by molar-refractivity contribution is 0.0526. The Bertz CT molecular complexity index is 1020. The first-order valence-corrected chi connectivity index (χ1v) is 9.20. The Kier molecular flexibility index (Phi) is 5.80. The number of aliphatic imine (C=N–C) groups is 1. The highest BCUT2D eigenvalue weighted by Gasteiger charge is 2.16. The fraction of sp³-hybridized carbons (Fsp3) is 0.273. The van der Waals surface area contributed by atoms with Crippen LogP contribution in [0.5, 0.6) is 5.88 Å². The van der Waals surface area contributed by atoms with Crippen LogP contribution in [0.4, 0.5) is 5.69 Å². The highest BCUT2D eigenvalue weighted by Crippen LogP contribution is 2.30. The lowest BCUT2D eigenvalue weighted by Crippen LogP contribution is -2.10. The Morgan fingerprint density at radius 2 is 1.89 bits per heavy atom. The van der Waals surface area contributed by atoms with Crippen molar-refractivity contribution in [3.05, 3.63) is 59.2 Å². The van der Waals surface area contributed by atoms with Gasteiger partial charge in [0.15, 0.2) is 5.88 Å². The van der Waals surface area contributed by atoms with E-state index in [1.165, 1.54) is 5.56 Å². The minimum absolute atomic E-state index is 0.0292. The van der Waals surface area contributed by atoms with Crippen LogP contribution < -0.4 is 0 Å². The van der Waals surface area contributed by atoms with Gasteiger partial charge in [-0.25, -0.2) is 4.79 Å². The summed E-state index contributed by atoms with van der Waals surface area (Å²) in [6.07, 6.45) is 0. The number of rotatable bonds is 6. The molecular weight excluding hydrogens is 354 g/mol. The minimum Gasteiger partial charge on any atom is -0.494 e. The van der Waals surface area contributed by atoms with E-state index in [2.05, 4.69) is 14.9 Å². The summed E-state index contributed by atoms with van der Waals surface area (Å²) >= 11 is 0. The molecule has 0 unspecified atom stereocenters. The van der Waals surface area contributed by atoms with E-state index in [-0.39, 0.29) is 11.8 Å². The van der Waals surface area contributed by atoms with E-state index in [4.69, 9.17) is 4.74 Å². The SMILES string of the molecule is CCOC(=O)c1ccc2c(C(C)=Nc3ccc(CN(C)C)cc3)c(O)[nH]c2c1. The number of ether oxygens (including phenoxy) is 1. The smallest absolute Gasteiger partial charge is 0.338 e. The highest BCUT2D eigenvalue weighted by molar-refractivity contribution is 6.13. The largest absolute Gasteiger partial charge is 0.494 e. The molecule has 1 aromatic heterocycles. The normalized spacial score (nSPS) is 12.0. The quantitative estimate of drug-likeness (QED) is 0.496. The number of hydrogen-bond donors (Lipinski definition) is 2. The van der Waals surface area contributed by atoms with Crippen LogP contribution in [0.3, 0.4) is 0 Å². The average Bonchev–Trinajstić information content (AvgIpc) is 2.98. The van der Waals surface area contributed by atoms with Crippen LogP contribution >= 0.6 is 0 Å². The monoisotopic (exact) mass is 379 g/mol. The number of aromatic amines is 1. The number of esters is 1. The van der Waals surface area contributed by atoms with Crippen LogP contribution in [-0.2, 0) is 11.3 Å². The Labute approximate surface area is 164 Å². The lowest BCUT2D eigenvalue weighted by Gasteiger charge is -2.09. The number of nitrogens with zero attached hydrogens (tertiary/aromatic N) is 2. The van der Waals surface area contributed by atoms with Gasteiger partial charge >= 0.3 is 5.97 Å². The molecule has 1 heterocycles. The second-order valence-electron chi connectivity index (χ2n) is 6.93. The van der Waals surface area contributed by atoms with E-state index < -0.39 is 0 Å². The molecule has 3 rings (SSSR count). The molecule has 0 bridgehead atoms. The zero-order valence-electron chi connectivity index (χ0n) is 16.6. The summed E-state index contributed by atoms with van der Waals surface area (Å²) in [5.74, 6) is -0.357. The van der Waals surface area contributed by atoms with Crippen molar-refractivity contribution in [1.29, 1.82) is 0 Å². The number of fused-ring (bicyclic) bond motifs is 1. The minimum atomic E-state index is -0.386. The van der Waals surface area contributed by atoms with Crippen LogP contribution in [0.15, 0.2) is 47.5 Å². The highest BCUT2D eigenvalue weighted by atomic mass is 16.5. The Hall–Kier alpha value is -3.12. The first kappa shape index (κ1) is 19.6. The van der Waals surface area contributed by atoms with Crippen molar-refractivity contribution >= 4 is 28.3 Å². The first-order chi connectivity index (χ1) is 13.4. The first-order valence-electron chi connectivity index (χ1n) is 9.20. The van der Waals surface area contributed by atoms with E-state index >= 15 is 0 Å². The summed E-state index contributed by atoms with van der Waals surface area (Å²) in [7, 11) is 4.06. The van der Waals surface area contributed by atoms with Gasteiger partial charge in [-0.3, -0.25) is 4.99 Å². The molecule has 0 amide bonds. The van der Waals surface area contributed by atoms with Gasteiger partial charge in [-0.15, -0.1) is 0 Å². The molecule has 6 heteroatoms. The van der Waals surface area contributed by atoms with Gasteiger partial charge in [0.05, 0.1) is 29.1 Å². The van der Waals surface area contributed by atoms with Crippen LogP contribution in [0.1, 0.15) is 35.3 Å². The molecule has 0 spiro atoms. The Morgan fingerprint density at radius 3 is 2.54 bits per heavy atom. The zero-order valence-corrected chi connectivity index (χ0v) is 16.6. The third-order valence-corrected chi connectivity index (χ3v) is 4.38. The predicted octanol–water partition coefficient (Wildman–Crippen LogP) is 4.25. The summed E-state index contributed by atoms with van der Waals surface area (Å²) in [5.41, 5.74) is 4.44. The molecule has 146 valence electrons. The van der Waals surface area contributed by atoms with E-state index in [0.29, 0.717) is 29.0 Å². The van der Waals surface area contributed by atoms with E-state index in [0.717, 1.165) is 17.6 Å². The molecule has 0 radical (unpaired) electrons. The number of nitrogens with one attached hydrogen (secondary N) is 1. The van der Waals surface area contributed by atoms with Crippen molar-refractivity contribution in [1.82, 2.24) is 9.88 Å². The summed E-state index contributed by atoms with van der Waals surface area (Å²) in [6.45, 7) is 4.81. The average molecular weight is 379 g/mol. The molecular formula is C22H25N3O3. The number of hydrogen-bond acceptors (Lipinski definition) is 5. The second kappa shape index (κ2) is 8.27. The second-order valence-corrected chi connectivity index (χ2v) is 6.93. The molecule has 0 aliphatic carbocycles. The fourth-order valence-electron chi connectivity index (χ4n) is 3.18. The number of aromatic hydroxyl groups is 1. The molecule has 0 aliphatic rings. The van der Waals surface area contributed by atoms with Crippen molar-refractivity contribution < 1.29 is 14.6 Å². The molecule has 0 saturated carbocycles. The Balaban J connectivity index is 1.92. The van der Waals surface area contributed by atoms with Crippen LogP contribution in [0.25, 0.3) is 10.9 Å². The number of carbonyl (C=O) groups excluding carboxylic acids is 1. The van der Waals surface area contributed by atoms with Crippen molar-refractivity contribution in [2.45, 2.75) is 20.4 Å². The van der Waals surface area contributed by atoms with Gasteiger partial charge in [-0.05, 0) is 57.8 Å². The number of H-pyrrole nitrogens is 1. The van der Waals surface area contributed by atoms with Gasteiger partial charge in [0.25, 0.3) is 0 Å². The number of carbonyl (C=O) groups is 1. The van der Waals surface area contributed by atoms with E-state index in [1.54, 1.807) is 25.1 Å². The predicted molar refractivity (Wildman–Crippen MR) is 112 cm³/mol. The number of benzene rings is 2.